The number of rotatable bonds is 7. The molecule has 3 saturated carbocycles. The smallest absolute Gasteiger partial charge is 0.420 e. The number of aromatic nitrogens is 3. The SMILES string of the molecule is Cc1cc(Oc2nnc(C34CC(NC(=O)COc5ccc(Cl)c(F)c5)(C3)C4)o2)cnc1C#N. The van der Waals surface area contributed by atoms with Gasteiger partial charge in [0.05, 0.1) is 16.6 Å². The van der Waals surface area contributed by atoms with E-state index < -0.39 is 5.82 Å². The van der Waals surface area contributed by atoms with E-state index in [1.54, 1.807) is 13.0 Å². The summed E-state index contributed by atoms with van der Waals surface area (Å²) in [5.41, 5.74) is 0.397. The van der Waals surface area contributed by atoms with Gasteiger partial charge in [-0.25, -0.2) is 9.37 Å². The van der Waals surface area contributed by atoms with Crippen LogP contribution in [0.3, 0.4) is 0 Å². The molecule has 2 bridgehead atoms. The molecule has 9 nitrogen and oxygen atoms in total. The molecule has 11 heteroatoms. The van der Waals surface area contributed by atoms with Crippen molar-refractivity contribution in [2.45, 2.75) is 37.1 Å². The summed E-state index contributed by atoms with van der Waals surface area (Å²) in [6, 6.07) is 7.67. The van der Waals surface area contributed by atoms with Crippen molar-refractivity contribution in [3.63, 3.8) is 0 Å². The normalized spacial score (nSPS) is 22.5. The number of hydrogen-bond acceptors (Lipinski definition) is 8. The van der Waals surface area contributed by atoms with Crippen LogP contribution in [-0.4, -0.2) is 33.2 Å². The van der Waals surface area contributed by atoms with Gasteiger partial charge in [0.1, 0.15) is 23.3 Å². The zero-order valence-electron chi connectivity index (χ0n) is 17.4. The first kappa shape index (κ1) is 21.2. The van der Waals surface area contributed by atoms with Crippen LogP contribution in [0.5, 0.6) is 17.6 Å². The van der Waals surface area contributed by atoms with E-state index >= 15 is 0 Å². The van der Waals surface area contributed by atoms with Crippen molar-refractivity contribution in [3.8, 4) is 23.6 Å². The molecule has 3 aromatic rings. The van der Waals surface area contributed by atoms with Gasteiger partial charge >= 0.3 is 6.08 Å². The van der Waals surface area contributed by atoms with E-state index in [-0.39, 0.29) is 40.3 Å². The van der Waals surface area contributed by atoms with E-state index in [1.165, 1.54) is 18.3 Å². The maximum atomic E-state index is 13.5. The van der Waals surface area contributed by atoms with Gasteiger partial charge in [0.15, 0.2) is 12.4 Å². The third kappa shape index (κ3) is 3.85. The fourth-order valence-corrected chi connectivity index (χ4v) is 4.60. The van der Waals surface area contributed by atoms with E-state index in [9.17, 15) is 9.18 Å². The molecular weight excluding hydrogens is 453 g/mol. The second-order valence-corrected chi connectivity index (χ2v) is 8.83. The second kappa shape index (κ2) is 7.71. The summed E-state index contributed by atoms with van der Waals surface area (Å²) in [7, 11) is 0. The van der Waals surface area contributed by atoms with Gasteiger partial charge in [-0.15, -0.1) is 5.10 Å². The number of halogens is 2. The van der Waals surface area contributed by atoms with Crippen LogP contribution in [0, 0.1) is 24.1 Å². The molecule has 2 aromatic heterocycles. The van der Waals surface area contributed by atoms with Crippen LogP contribution in [0.15, 0.2) is 34.9 Å². The van der Waals surface area contributed by atoms with Crippen LogP contribution in [0.1, 0.15) is 36.4 Å². The van der Waals surface area contributed by atoms with Crippen molar-refractivity contribution in [2.24, 2.45) is 0 Å². The molecule has 0 radical (unpaired) electrons. The van der Waals surface area contributed by atoms with Crippen LogP contribution in [-0.2, 0) is 10.2 Å². The number of hydrogen-bond donors (Lipinski definition) is 1. The molecule has 0 aliphatic heterocycles. The van der Waals surface area contributed by atoms with E-state index in [1.807, 2.05) is 6.07 Å². The molecule has 3 fully saturated rings. The Hall–Kier alpha value is -3.71. The van der Waals surface area contributed by atoms with Gasteiger partial charge in [-0.05, 0) is 49.9 Å². The molecule has 168 valence electrons. The minimum atomic E-state index is -0.607. The zero-order valence-corrected chi connectivity index (χ0v) is 18.1. The number of nitriles is 1. The average molecular weight is 470 g/mol. The van der Waals surface area contributed by atoms with Gasteiger partial charge in [0.25, 0.3) is 5.91 Å². The zero-order chi connectivity index (χ0) is 23.2. The fourth-order valence-electron chi connectivity index (χ4n) is 4.48. The first-order valence-electron chi connectivity index (χ1n) is 10.1. The topological polar surface area (TPSA) is 123 Å². The number of amides is 1. The lowest BCUT2D eigenvalue weighted by Crippen LogP contribution is -2.77. The number of carbonyl (C=O) groups excluding carboxylic acids is 1. The lowest BCUT2D eigenvalue weighted by molar-refractivity contribution is -0.143. The molecule has 0 unspecified atom stereocenters. The van der Waals surface area contributed by atoms with Crippen molar-refractivity contribution in [2.75, 3.05) is 6.61 Å². The Balaban J connectivity index is 1.13. The monoisotopic (exact) mass is 469 g/mol. The number of carbonyl (C=O) groups is 1. The summed E-state index contributed by atoms with van der Waals surface area (Å²) in [6.45, 7) is 1.53. The number of benzene rings is 1. The van der Waals surface area contributed by atoms with Crippen molar-refractivity contribution < 1.29 is 23.1 Å². The number of nitrogens with one attached hydrogen (secondary N) is 1. The Morgan fingerprint density at radius 2 is 2.09 bits per heavy atom. The predicted octanol–water partition coefficient (Wildman–Crippen LogP) is 3.60. The molecule has 1 aromatic carbocycles. The van der Waals surface area contributed by atoms with Crippen LogP contribution < -0.4 is 14.8 Å². The largest absolute Gasteiger partial charge is 0.484 e. The lowest BCUT2D eigenvalue weighted by atomic mass is 9.39. The van der Waals surface area contributed by atoms with Gasteiger partial charge in [-0.2, -0.15) is 5.26 Å². The maximum Gasteiger partial charge on any atom is 0.420 e. The number of pyridine rings is 1. The molecule has 3 aliphatic rings. The van der Waals surface area contributed by atoms with Crippen LogP contribution >= 0.6 is 11.6 Å². The second-order valence-electron chi connectivity index (χ2n) is 8.43. The average Bonchev–Trinajstić information content (AvgIpc) is 3.18. The summed E-state index contributed by atoms with van der Waals surface area (Å²) < 4.78 is 30.1. The van der Waals surface area contributed by atoms with Gasteiger partial charge in [-0.1, -0.05) is 16.7 Å². The highest BCUT2D eigenvalue weighted by atomic mass is 35.5. The molecule has 6 rings (SSSR count). The Morgan fingerprint density at radius 3 is 2.79 bits per heavy atom. The Labute approximate surface area is 192 Å². The Bertz CT molecular complexity index is 1280. The van der Waals surface area contributed by atoms with Crippen molar-refractivity contribution >= 4 is 17.5 Å². The van der Waals surface area contributed by atoms with Gasteiger partial charge in [0.2, 0.25) is 5.89 Å². The summed E-state index contributed by atoms with van der Waals surface area (Å²) in [4.78, 5) is 16.3. The summed E-state index contributed by atoms with van der Waals surface area (Å²) in [5.74, 6) is 0.178. The van der Waals surface area contributed by atoms with Gasteiger partial charge in [0, 0.05) is 11.6 Å². The molecule has 0 saturated heterocycles. The first-order valence-corrected chi connectivity index (χ1v) is 10.5. The quantitative estimate of drug-likeness (QED) is 0.556. The predicted molar refractivity (Wildman–Crippen MR) is 111 cm³/mol. The van der Waals surface area contributed by atoms with E-state index in [2.05, 4.69) is 20.5 Å². The third-order valence-electron chi connectivity index (χ3n) is 5.92. The number of ether oxygens (including phenoxy) is 2. The molecule has 2 heterocycles. The van der Waals surface area contributed by atoms with Gasteiger partial charge < -0.3 is 19.2 Å². The highest BCUT2D eigenvalue weighted by molar-refractivity contribution is 6.30. The molecular formula is C22H17ClFN5O4. The van der Waals surface area contributed by atoms with E-state index in [0.717, 1.165) is 6.07 Å². The summed E-state index contributed by atoms with van der Waals surface area (Å²) in [5, 5.41) is 20.0. The molecule has 0 atom stereocenters. The number of nitrogens with zero attached hydrogens (tertiary/aromatic N) is 4. The third-order valence-corrected chi connectivity index (χ3v) is 6.23. The summed E-state index contributed by atoms with van der Waals surface area (Å²) in [6.07, 6.45) is 3.41. The molecule has 0 spiro atoms. The molecule has 3 aliphatic carbocycles. The van der Waals surface area contributed by atoms with Gasteiger partial charge in [-0.3, -0.25) is 4.79 Å². The van der Waals surface area contributed by atoms with Crippen molar-refractivity contribution in [3.05, 3.63) is 58.5 Å². The van der Waals surface area contributed by atoms with Crippen molar-refractivity contribution in [1.29, 1.82) is 5.26 Å². The Kier molecular flexibility index (Phi) is 4.94. The maximum absolute atomic E-state index is 13.5. The fraction of sp³-hybridized carbons (Fsp3) is 0.318. The standard InChI is InChI=1S/C22H17ClFN5O4/c1-12-4-14(7-26-17(12)6-25)32-20-29-28-19(33-20)21-9-22(10-21,11-21)27-18(30)8-31-13-2-3-15(23)16(24)5-13/h2-5,7H,8-11H2,1H3,(H,27,30). The van der Waals surface area contributed by atoms with Crippen molar-refractivity contribution in [1.82, 2.24) is 20.5 Å². The molecule has 1 amide bonds. The summed E-state index contributed by atoms with van der Waals surface area (Å²) >= 11 is 5.64. The first-order chi connectivity index (χ1) is 15.8. The van der Waals surface area contributed by atoms with Crippen LogP contribution in [0.4, 0.5) is 4.39 Å². The minimum Gasteiger partial charge on any atom is -0.484 e. The Morgan fingerprint density at radius 1 is 1.30 bits per heavy atom. The highest BCUT2D eigenvalue weighted by Gasteiger charge is 2.71. The minimum absolute atomic E-state index is 0.00997. The lowest BCUT2D eigenvalue weighted by Gasteiger charge is -2.68. The molecule has 1 N–H and O–H groups in total. The number of aryl methyl sites for hydroxylation is 1. The van der Waals surface area contributed by atoms with E-state index in [4.69, 9.17) is 30.8 Å². The van der Waals surface area contributed by atoms with E-state index in [0.29, 0.717) is 42.2 Å². The van der Waals surface area contributed by atoms with Crippen LogP contribution in [0.2, 0.25) is 5.02 Å². The highest BCUT2D eigenvalue weighted by Crippen LogP contribution is 2.67. The molecule has 33 heavy (non-hydrogen) atoms. The van der Waals surface area contributed by atoms with Crippen LogP contribution in [0.25, 0.3) is 0 Å².